The van der Waals surface area contributed by atoms with Gasteiger partial charge in [0.1, 0.15) is 5.39 Å². The van der Waals surface area contributed by atoms with Gasteiger partial charge in [0.05, 0.1) is 23.4 Å². The van der Waals surface area contributed by atoms with E-state index >= 15 is 0 Å². The lowest BCUT2D eigenvalue weighted by Gasteiger charge is -2.43. The number of hydrogen-bond acceptors (Lipinski definition) is 6. The molecule has 0 unspecified atom stereocenters. The topological polar surface area (TPSA) is 88.1 Å². The molecule has 2 aliphatic heterocycles. The molecule has 0 bridgehead atoms. The van der Waals surface area contributed by atoms with Crippen LogP contribution in [-0.2, 0) is 11.8 Å². The number of aromatic amines is 1. The molecular formula is C25H29ClN6O2. The van der Waals surface area contributed by atoms with Crippen molar-refractivity contribution in [1.29, 1.82) is 0 Å². The average molecular weight is 481 g/mol. The molecule has 0 radical (unpaired) electrons. The SMILES string of the molecule is C#Cc1cccc(-c2[nH]nc3nc(N4CCC5(CC4)CO[C@@H](C)[C@H]5NCC)n(C)c(=O)c23)c1Cl. The third kappa shape index (κ3) is 3.50. The number of piperidine rings is 1. The molecule has 0 saturated carbocycles. The summed E-state index contributed by atoms with van der Waals surface area (Å²) in [6, 6.07) is 5.74. The highest BCUT2D eigenvalue weighted by Crippen LogP contribution is 2.43. The molecule has 34 heavy (non-hydrogen) atoms. The maximum Gasteiger partial charge on any atom is 0.266 e. The van der Waals surface area contributed by atoms with Gasteiger partial charge in [-0.15, -0.1) is 6.42 Å². The Bertz CT molecular complexity index is 1330. The highest BCUT2D eigenvalue weighted by Gasteiger charge is 2.49. The van der Waals surface area contributed by atoms with E-state index in [9.17, 15) is 4.79 Å². The number of benzene rings is 1. The molecule has 2 atom stereocenters. The summed E-state index contributed by atoms with van der Waals surface area (Å²) in [5.41, 5.74) is 2.05. The summed E-state index contributed by atoms with van der Waals surface area (Å²) in [6.45, 7) is 7.58. The van der Waals surface area contributed by atoms with Crippen molar-refractivity contribution in [2.45, 2.75) is 38.8 Å². The second-order valence-corrected chi connectivity index (χ2v) is 9.66. The van der Waals surface area contributed by atoms with E-state index in [1.165, 1.54) is 0 Å². The highest BCUT2D eigenvalue weighted by atomic mass is 35.5. The van der Waals surface area contributed by atoms with Gasteiger partial charge < -0.3 is 15.0 Å². The van der Waals surface area contributed by atoms with Crippen molar-refractivity contribution in [3.8, 4) is 23.6 Å². The Kier molecular flexibility index (Phi) is 5.88. The first-order chi connectivity index (χ1) is 16.4. The van der Waals surface area contributed by atoms with Gasteiger partial charge in [0.15, 0.2) is 5.65 Å². The molecule has 2 aliphatic rings. The molecule has 9 heteroatoms. The fraction of sp³-hybridized carbons (Fsp3) is 0.480. The van der Waals surface area contributed by atoms with Gasteiger partial charge in [-0.05, 0) is 32.4 Å². The lowest BCUT2D eigenvalue weighted by molar-refractivity contribution is 0.0971. The Morgan fingerprint density at radius 1 is 1.38 bits per heavy atom. The molecule has 4 heterocycles. The van der Waals surface area contributed by atoms with E-state index < -0.39 is 0 Å². The number of ether oxygens (including phenoxy) is 1. The zero-order chi connectivity index (χ0) is 24.0. The molecule has 5 rings (SSSR count). The molecule has 2 aromatic heterocycles. The van der Waals surface area contributed by atoms with Crippen molar-refractivity contribution in [3.05, 3.63) is 39.1 Å². The lowest BCUT2D eigenvalue weighted by Crippen LogP contribution is -2.53. The fourth-order valence-corrected chi connectivity index (χ4v) is 5.82. The Balaban J connectivity index is 1.48. The van der Waals surface area contributed by atoms with Gasteiger partial charge in [-0.2, -0.15) is 10.1 Å². The van der Waals surface area contributed by atoms with Crippen LogP contribution in [0.15, 0.2) is 23.0 Å². The van der Waals surface area contributed by atoms with Gasteiger partial charge in [0.2, 0.25) is 5.95 Å². The largest absolute Gasteiger partial charge is 0.376 e. The van der Waals surface area contributed by atoms with Crippen molar-refractivity contribution < 1.29 is 4.74 Å². The molecular weight excluding hydrogens is 452 g/mol. The normalized spacial score (nSPS) is 21.9. The number of fused-ring (bicyclic) bond motifs is 1. The van der Waals surface area contributed by atoms with Crippen molar-refractivity contribution in [2.24, 2.45) is 12.5 Å². The van der Waals surface area contributed by atoms with Crippen LogP contribution in [0.25, 0.3) is 22.3 Å². The molecule has 178 valence electrons. The summed E-state index contributed by atoms with van der Waals surface area (Å²) in [5.74, 6) is 3.20. The van der Waals surface area contributed by atoms with Crippen LogP contribution in [0.1, 0.15) is 32.3 Å². The van der Waals surface area contributed by atoms with Gasteiger partial charge in [0, 0.05) is 42.7 Å². The van der Waals surface area contributed by atoms with E-state index in [0.29, 0.717) is 44.9 Å². The summed E-state index contributed by atoms with van der Waals surface area (Å²) >= 11 is 6.51. The second-order valence-electron chi connectivity index (χ2n) is 9.29. The number of likely N-dealkylation sites (N-methyl/N-ethyl adjacent to an activating group) is 1. The van der Waals surface area contributed by atoms with E-state index in [0.717, 1.165) is 39.1 Å². The quantitative estimate of drug-likeness (QED) is 0.558. The number of halogens is 1. The molecule has 8 nitrogen and oxygen atoms in total. The van der Waals surface area contributed by atoms with Crippen LogP contribution in [0, 0.1) is 17.8 Å². The van der Waals surface area contributed by atoms with Gasteiger partial charge in [-0.25, -0.2) is 0 Å². The average Bonchev–Trinajstić information content (AvgIpc) is 3.40. The van der Waals surface area contributed by atoms with Crippen LogP contribution in [-0.4, -0.2) is 58.1 Å². The van der Waals surface area contributed by atoms with Crippen molar-refractivity contribution in [3.63, 3.8) is 0 Å². The summed E-state index contributed by atoms with van der Waals surface area (Å²) < 4.78 is 7.64. The number of nitrogens with one attached hydrogen (secondary N) is 2. The number of terminal acetylenes is 1. The summed E-state index contributed by atoms with van der Waals surface area (Å²) in [5, 5.41) is 11.8. The number of aromatic nitrogens is 4. The predicted octanol–water partition coefficient (Wildman–Crippen LogP) is 2.94. The summed E-state index contributed by atoms with van der Waals surface area (Å²) in [7, 11) is 1.76. The molecule has 0 aliphatic carbocycles. The van der Waals surface area contributed by atoms with E-state index in [1.54, 1.807) is 17.7 Å². The maximum absolute atomic E-state index is 13.5. The van der Waals surface area contributed by atoms with Crippen molar-refractivity contribution in [2.75, 3.05) is 31.1 Å². The first-order valence-electron chi connectivity index (χ1n) is 11.7. The van der Waals surface area contributed by atoms with Gasteiger partial charge in [-0.1, -0.05) is 36.6 Å². The Hall–Kier alpha value is -2.86. The third-order valence-corrected chi connectivity index (χ3v) is 7.83. The zero-order valence-corrected chi connectivity index (χ0v) is 20.4. The first-order valence-corrected chi connectivity index (χ1v) is 12.1. The van der Waals surface area contributed by atoms with Gasteiger partial charge >= 0.3 is 0 Å². The summed E-state index contributed by atoms with van der Waals surface area (Å²) in [6.07, 6.45) is 7.71. The zero-order valence-electron chi connectivity index (χ0n) is 19.7. The monoisotopic (exact) mass is 480 g/mol. The van der Waals surface area contributed by atoms with Gasteiger partial charge in [-0.3, -0.25) is 14.5 Å². The Morgan fingerprint density at radius 2 is 2.15 bits per heavy atom. The van der Waals surface area contributed by atoms with Crippen LogP contribution in [0.3, 0.4) is 0 Å². The number of anilines is 1. The number of nitrogens with zero attached hydrogens (tertiary/aromatic N) is 4. The fourth-order valence-electron chi connectivity index (χ4n) is 5.55. The number of rotatable bonds is 4. The minimum absolute atomic E-state index is 0.118. The van der Waals surface area contributed by atoms with E-state index in [1.807, 2.05) is 12.1 Å². The molecule has 2 saturated heterocycles. The Labute approximate surface area is 203 Å². The number of H-pyrrole nitrogens is 1. The van der Waals surface area contributed by atoms with Crippen LogP contribution in [0.2, 0.25) is 5.02 Å². The Morgan fingerprint density at radius 3 is 2.85 bits per heavy atom. The van der Waals surface area contributed by atoms with Crippen LogP contribution >= 0.6 is 11.6 Å². The first kappa shape index (κ1) is 22.9. The molecule has 3 aromatic rings. The summed E-state index contributed by atoms with van der Waals surface area (Å²) in [4.78, 5) is 20.4. The minimum Gasteiger partial charge on any atom is -0.376 e. The molecule has 2 N–H and O–H groups in total. The third-order valence-electron chi connectivity index (χ3n) is 7.42. The second kappa shape index (κ2) is 8.73. The standard InChI is InChI=1S/C25H29ClN6O2/c1-5-16-8-7-9-17(19(16)26)20-18-22(30-29-20)28-24(31(4)23(18)33)32-12-10-25(11-13-32)14-34-15(3)21(25)27-6-2/h1,7-9,15,21,27H,6,10-14H2,2-4H3,(H,29,30)/t15-,21+/m0/s1. The minimum atomic E-state index is -0.172. The smallest absolute Gasteiger partial charge is 0.266 e. The lowest BCUT2D eigenvalue weighted by atomic mass is 9.73. The highest BCUT2D eigenvalue weighted by molar-refractivity contribution is 6.34. The van der Waals surface area contributed by atoms with Crippen molar-refractivity contribution >= 4 is 28.6 Å². The molecule has 2 fully saturated rings. The van der Waals surface area contributed by atoms with Crippen LogP contribution in [0.4, 0.5) is 5.95 Å². The molecule has 0 amide bonds. The van der Waals surface area contributed by atoms with E-state index in [2.05, 4.69) is 40.2 Å². The molecule has 1 spiro atoms. The van der Waals surface area contributed by atoms with E-state index in [4.69, 9.17) is 27.7 Å². The number of hydrogen-bond donors (Lipinski definition) is 2. The van der Waals surface area contributed by atoms with E-state index in [-0.39, 0.29) is 17.1 Å². The van der Waals surface area contributed by atoms with Crippen LogP contribution < -0.4 is 15.8 Å². The van der Waals surface area contributed by atoms with Gasteiger partial charge in [0.25, 0.3) is 5.56 Å². The predicted molar refractivity (Wildman–Crippen MR) is 134 cm³/mol. The maximum atomic E-state index is 13.5. The van der Waals surface area contributed by atoms with Crippen molar-refractivity contribution in [1.82, 2.24) is 25.1 Å². The van der Waals surface area contributed by atoms with Crippen LogP contribution in [0.5, 0.6) is 0 Å². The molecule has 1 aromatic carbocycles.